The van der Waals surface area contributed by atoms with Gasteiger partial charge in [-0.3, -0.25) is 9.59 Å². The van der Waals surface area contributed by atoms with Crippen LogP contribution < -0.4 is 10.6 Å². The van der Waals surface area contributed by atoms with E-state index in [1.54, 1.807) is 0 Å². The van der Waals surface area contributed by atoms with Crippen LogP contribution in [0.5, 0.6) is 0 Å². The predicted molar refractivity (Wildman–Crippen MR) is 102 cm³/mol. The fraction of sp³-hybridized carbons (Fsp3) is 0.300. The van der Waals surface area contributed by atoms with Crippen LogP contribution in [0.25, 0.3) is 0 Å². The van der Waals surface area contributed by atoms with E-state index in [0.29, 0.717) is 12.5 Å². The van der Waals surface area contributed by atoms with E-state index < -0.39 is 0 Å². The van der Waals surface area contributed by atoms with Gasteiger partial charge in [-0.25, -0.2) is 0 Å². The first-order valence-electron chi connectivity index (χ1n) is 8.55. The Morgan fingerprint density at radius 2 is 1.88 bits per heavy atom. The number of anilines is 1. The molecule has 2 atom stereocenters. The van der Waals surface area contributed by atoms with Gasteiger partial charge in [-0.2, -0.15) is 0 Å². The lowest BCUT2D eigenvalue weighted by molar-refractivity contribution is -0.124. The zero-order chi connectivity index (χ0) is 17.6. The second kappa shape index (κ2) is 8.21. The molecule has 0 saturated carbocycles. The average Bonchev–Trinajstić information content (AvgIpc) is 2.64. The number of nitrogens with one attached hydrogen (secondary N) is 2. The molecule has 2 unspecified atom stereocenters. The highest BCUT2D eigenvalue weighted by Crippen LogP contribution is 2.36. The lowest BCUT2D eigenvalue weighted by Gasteiger charge is -2.24. The molecule has 4 nitrogen and oxygen atoms in total. The molecule has 0 radical (unpaired) electrons. The van der Waals surface area contributed by atoms with E-state index in [1.165, 1.54) is 17.3 Å². The molecule has 1 aliphatic rings. The number of hydrogen-bond acceptors (Lipinski definition) is 3. The van der Waals surface area contributed by atoms with E-state index in [9.17, 15) is 9.59 Å². The Morgan fingerprint density at radius 3 is 2.64 bits per heavy atom. The van der Waals surface area contributed by atoms with Crippen LogP contribution in [0.4, 0.5) is 5.69 Å². The van der Waals surface area contributed by atoms with Crippen molar-refractivity contribution in [3.63, 3.8) is 0 Å². The standard InChI is InChI=1S/C20H22N2O2S/c1-2-14(15-8-4-3-5-9-15)13-21-19(23)12-18-20(24)22-16-10-6-7-11-17(16)25-18/h3-11,14,18H,2,12-13H2,1H3,(H,21,23)(H,22,24). The van der Waals surface area contributed by atoms with Crippen molar-refractivity contribution in [2.45, 2.75) is 35.8 Å². The summed E-state index contributed by atoms with van der Waals surface area (Å²) in [6, 6.07) is 17.9. The summed E-state index contributed by atoms with van der Waals surface area (Å²) in [4.78, 5) is 25.5. The molecule has 0 fully saturated rings. The third kappa shape index (κ3) is 4.42. The van der Waals surface area contributed by atoms with Crippen LogP contribution in [-0.2, 0) is 9.59 Å². The minimum absolute atomic E-state index is 0.0820. The molecule has 0 aliphatic carbocycles. The largest absolute Gasteiger partial charge is 0.355 e. The first kappa shape index (κ1) is 17.5. The second-order valence-corrected chi connectivity index (χ2v) is 7.36. The van der Waals surface area contributed by atoms with Gasteiger partial charge in [0.2, 0.25) is 11.8 Å². The second-order valence-electron chi connectivity index (χ2n) is 6.12. The van der Waals surface area contributed by atoms with Crippen molar-refractivity contribution in [3.05, 3.63) is 60.2 Å². The van der Waals surface area contributed by atoms with E-state index in [1.807, 2.05) is 42.5 Å². The molecule has 25 heavy (non-hydrogen) atoms. The van der Waals surface area contributed by atoms with Gasteiger partial charge >= 0.3 is 0 Å². The molecular formula is C20H22N2O2S. The fourth-order valence-electron chi connectivity index (χ4n) is 2.93. The van der Waals surface area contributed by atoms with E-state index >= 15 is 0 Å². The van der Waals surface area contributed by atoms with E-state index in [0.717, 1.165) is 17.0 Å². The third-order valence-corrected chi connectivity index (χ3v) is 5.66. The minimum atomic E-state index is -0.383. The van der Waals surface area contributed by atoms with Crippen LogP contribution in [0.15, 0.2) is 59.5 Å². The molecular weight excluding hydrogens is 332 g/mol. The van der Waals surface area contributed by atoms with Crippen molar-refractivity contribution in [3.8, 4) is 0 Å². The summed E-state index contributed by atoms with van der Waals surface area (Å²) in [6.45, 7) is 2.71. The highest BCUT2D eigenvalue weighted by atomic mass is 32.2. The van der Waals surface area contributed by atoms with Gasteiger partial charge in [-0.05, 0) is 24.1 Å². The topological polar surface area (TPSA) is 58.2 Å². The van der Waals surface area contributed by atoms with Gasteiger partial charge in [0, 0.05) is 23.8 Å². The Labute approximate surface area is 152 Å². The van der Waals surface area contributed by atoms with Gasteiger partial charge in [0.15, 0.2) is 0 Å². The summed E-state index contributed by atoms with van der Waals surface area (Å²) in [7, 11) is 0. The molecule has 1 aliphatic heterocycles. The Morgan fingerprint density at radius 1 is 1.16 bits per heavy atom. The maximum Gasteiger partial charge on any atom is 0.238 e. The number of para-hydroxylation sites is 1. The Hall–Kier alpha value is -2.27. The maximum atomic E-state index is 12.3. The summed E-state index contributed by atoms with van der Waals surface area (Å²) in [5.74, 6) is 0.106. The average molecular weight is 354 g/mol. The smallest absolute Gasteiger partial charge is 0.238 e. The summed E-state index contributed by atoms with van der Waals surface area (Å²) in [5.41, 5.74) is 2.05. The van der Waals surface area contributed by atoms with Crippen molar-refractivity contribution in [1.29, 1.82) is 0 Å². The lowest BCUT2D eigenvalue weighted by atomic mass is 9.96. The Balaban J connectivity index is 1.55. The number of carbonyl (C=O) groups is 2. The van der Waals surface area contributed by atoms with Gasteiger partial charge in [0.1, 0.15) is 0 Å². The van der Waals surface area contributed by atoms with Crippen LogP contribution in [-0.4, -0.2) is 23.6 Å². The highest BCUT2D eigenvalue weighted by Gasteiger charge is 2.28. The van der Waals surface area contributed by atoms with Crippen molar-refractivity contribution in [2.75, 3.05) is 11.9 Å². The lowest BCUT2D eigenvalue weighted by Crippen LogP contribution is -2.36. The van der Waals surface area contributed by atoms with Gasteiger partial charge in [-0.15, -0.1) is 11.8 Å². The van der Waals surface area contributed by atoms with Crippen LogP contribution in [0, 0.1) is 0 Å². The first-order chi connectivity index (χ1) is 12.2. The van der Waals surface area contributed by atoms with Gasteiger partial charge in [0.25, 0.3) is 0 Å². The molecule has 1 heterocycles. The first-order valence-corrected chi connectivity index (χ1v) is 9.43. The van der Waals surface area contributed by atoms with Gasteiger partial charge in [0.05, 0.1) is 10.9 Å². The molecule has 2 aromatic rings. The number of thioether (sulfide) groups is 1. The zero-order valence-corrected chi connectivity index (χ0v) is 15.0. The molecule has 2 aromatic carbocycles. The van der Waals surface area contributed by atoms with Crippen LogP contribution in [0.3, 0.4) is 0 Å². The molecule has 0 saturated heterocycles. The Bertz CT molecular complexity index is 748. The third-order valence-electron chi connectivity index (χ3n) is 4.39. The molecule has 0 spiro atoms. The minimum Gasteiger partial charge on any atom is -0.355 e. The Kier molecular flexibility index (Phi) is 5.76. The van der Waals surface area contributed by atoms with Crippen molar-refractivity contribution >= 4 is 29.3 Å². The summed E-state index contributed by atoms with van der Waals surface area (Å²) >= 11 is 1.46. The quantitative estimate of drug-likeness (QED) is 0.829. The number of fused-ring (bicyclic) bond motifs is 1. The van der Waals surface area contributed by atoms with Crippen molar-refractivity contribution in [1.82, 2.24) is 5.32 Å². The van der Waals surface area contributed by atoms with Crippen LogP contribution in [0.2, 0.25) is 0 Å². The zero-order valence-electron chi connectivity index (χ0n) is 14.2. The normalized spacial score (nSPS) is 17.3. The number of hydrogen-bond donors (Lipinski definition) is 2. The number of rotatable bonds is 6. The van der Waals surface area contributed by atoms with Crippen LogP contribution in [0.1, 0.15) is 31.2 Å². The molecule has 3 rings (SSSR count). The predicted octanol–water partition coefficient (Wildman–Crippen LogP) is 3.80. The molecule has 5 heteroatoms. The summed E-state index contributed by atoms with van der Waals surface area (Å²) in [5, 5.41) is 5.49. The fourth-order valence-corrected chi connectivity index (χ4v) is 4.04. The molecule has 0 bridgehead atoms. The SMILES string of the molecule is CCC(CNC(=O)CC1Sc2ccccc2NC1=O)c1ccccc1. The number of amides is 2. The monoisotopic (exact) mass is 354 g/mol. The molecule has 0 aromatic heterocycles. The molecule has 2 N–H and O–H groups in total. The van der Waals surface area contributed by atoms with Gasteiger partial charge < -0.3 is 10.6 Å². The summed E-state index contributed by atoms with van der Waals surface area (Å²) in [6.07, 6.45) is 1.15. The molecule has 130 valence electrons. The van der Waals surface area contributed by atoms with Gasteiger partial charge in [-0.1, -0.05) is 49.4 Å². The van der Waals surface area contributed by atoms with Crippen molar-refractivity contribution in [2.24, 2.45) is 0 Å². The van der Waals surface area contributed by atoms with Crippen molar-refractivity contribution < 1.29 is 9.59 Å². The molecule has 2 amide bonds. The van der Waals surface area contributed by atoms with Crippen LogP contribution >= 0.6 is 11.8 Å². The number of carbonyl (C=O) groups excluding carboxylic acids is 2. The van der Waals surface area contributed by atoms with E-state index in [4.69, 9.17) is 0 Å². The summed E-state index contributed by atoms with van der Waals surface area (Å²) < 4.78 is 0. The van der Waals surface area contributed by atoms with E-state index in [2.05, 4.69) is 29.7 Å². The number of benzene rings is 2. The highest BCUT2D eigenvalue weighted by molar-refractivity contribution is 8.01. The van der Waals surface area contributed by atoms with E-state index in [-0.39, 0.29) is 23.5 Å². The maximum absolute atomic E-state index is 12.3.